The van der Waals surface area contributed by atoms with Crippen molar-refractivity contribution in [3.8, 4) is 0 Å². The van der Waals surface area contributed by atoms with Gasteiger partial charge in [-0.3, -0.25) is 14.4 Å². The van der Waals surface area contributed by atoms with Crippen LogP contribution >= 0.6 is 11.6 Å². The third-order valence-corrected chi connectivity index (χ3v) is 9.99. The monoisotopic (exact) mass is 591 g/mol. The van der Waals surface area contributed by atoms with E-state index in [0.717, 1.165) is 22.3 Å². The van der Waals surface area contributed by atoms with E-state index in [1.165, 1.54) is 4.90 Å². The maximum absolute atomic E-state index is 15.8. The Kier molecular flexibility index (Phi) is 5.87. The van der Waals surface area contributed by atoms with E-state index in [2.05, 4.69) is 0 Å². The number of amides is 2. The van der Waals surface area contributed by atoms with Gasteiger partial charge in [0.05, 0.1) is 33.4 Å². The Morgan fingerprint density at radius 2 is 0.841 bits per heavy atom. The molecule has 0 radical (unpaired) electrons. The molecule has 0 aromatic heterocycles. The minimum absolute atomic E-state index is 0.143. The second-order valence-corrected chi connectivity index (χ2v) is 12.0. The molecule has 5 aromatic carbocycles. The molecule has 1 saturated carbocycles. The quantitative estimate of drug-likeness (QED) is 0.199. The van der Waals surface area contributed by atoms with Crippen molar-refractivity contribution in [3.05, 3.63) is 173 Å². The van der Waals surface area contributed by atoms with E-state index in [9.17, 15) is 9.59 Å². The Morgan fingerprint density at radius 3 is 1.25 bits per heavy atom. The Bertz CT molecular complexity index is 1870. The third kappa shape index (κ3) is 3.21. The van der Waals surface area contributed by atoms with Crippen LogP contribution in [-0.4, -0.2) is 17.6 Å². The number of anilines is 1. The van der Waals surface area contributed by atoms with Gasteiger partial charge in [-0.15, -0.1) is 0 Å². The average Bonchev–Trinajstić information content (AvgIpc) is 3.59. The molecule has 3 aliphatic rings. The van der Waals surface area contributed by atoms with Crippen LogP contribution in [0.5, 0.6) is 0 Å². The first-order chi connectivity index (χ1) is 21.5. The molecule has 2 amide bonds. The normalized spacial score (nSPS) is 25.6. The summed E-state index contributed by atoms with van der Waals surface area (Å²) >= 11 is 6.64. The van der Waals surface area contributed by atoms with Crippen molar-refractivity contribution in [1.82, 2.24) is 0 Å². The van der Waals surface area contributed by atoms with Crippen LogP contribution in [0.15, 0.2) is 146 Å². The zero-order valence-corrected chi connectivity index (χ0v) is 24.3. The highest BCUT2D eigenvalue weighted by Crippen LogP contribution is 2.74. The smallest absolute Gasteiger partial charge is 0.239 e. The molecular formula is C39H26ClNO3. The second-order valence-electron chi connectivity index (χ2n) is 11.6. The first-order valence-electron chi connectivity index (χ1n) is 14.7. The van der Waals surface area contributed by atoms with Gasteiger partial charge in [-0.2, -0.15) is 0 Å². The molecule has 4 nitrogen and oxygen atoms in total. The van der Waals surface area contributed by atoms with E-state index in [0.29, 0.717) is 21.8 Å². The van der Waals surface area contributed by atoms with Crippen LogP contribution in [0, 0.1) is 11.8 Å². The lowest BCUT2D eigenvalue weighted by atomic mass is 9.59. The summed E-state index contributed by atoms with van der Waals surface area (Å²) in [5.74, 6) is -2.93. The maximum atomic E-state index is 15.8. The van der Waals surface area contributed by atoms with Gasteiger partial charge in [0.1, 0.15) is 0 Å². The van der Waals surface area contributed by atoms with Crippen molar-refractivity contribution in [2.45, 2.75) is 10.8 Å². The number of hydrogen-bond donors (Lipinski definition) is 0. The zero-order valence-electron chi connectivity index (χ0n) is 23.6. The molecule has 4 atom stereocenters. The topological polar surface area (TPSA) is 54.5 Å². The number of Topliss-reactive ketones (excluding diaryl/α,β-unsaturated/α-hetero) is 1. The van der Waals surface area contributed by atoms with Crippen molar-refractivity contribution in [1.29, 1.82) is 0 Å². The Balaban J connectivity index is 1.57. The van der Waals surface area contributed by atoms with E-state index >= 15 is 4.79 Å². The number of carbonyl (C=O) groups excluding carboxylic acids is 3. The van der Waals surface area contributed by atoms with Crippen molar-refractivity contribution >= 4 is 46.0 Å². The highest BCUT2D eigenvalue weighted by atomic mass is 35.5. The van der Waals surface area contributed by atoms with E-state index < -0.39 is 34.5 Å². The van der Waals surface area contributed by atoms with Crippen molar-refractivity contribution in [2.24, 2.45) is 11.8 Å². The Morgan fingerprint density at radius 1 is 0.477 bits per heavy atom. The van der Waals surface area contributed by atoms with E-state index in [1.54, 1.807) is 24.3 Å². The number of nitrogens with zero attached hydrogens (tertiary/aromatic N) is 1. The highest BCUT2D eigenvalue weighted by Gasteiger charge is 2.82. The van der Waals surface area contributed by atoms with Crippen LogP contribution in [0.3, 0.4) is 0 Å². The SMILES string of the molecule is O=C1[C@@H]2[C@@H](C(=O)N1c1ccccc1Cl)[C@@]1(c3ccccc3)C(=O)[C@@]2(c2ccccc2)C(c2ccccc2)=C1c1ccccc1. The second kappa shape index (κ2) is 9.73. The summed E-state index contributed by atoms with van der Waals surface area (Å²) in [7, 11) is 0. The standard InChI is InChI=1S/C39H26ClNO3/c40-29-23-13-14-24-30(29)41-35(42)33-34(36(41)43)39(28-21-11-4-12-22-28)32(26-17-7-2-8-18-26)31(25-15-5-1-6-16-25)38(33,37(39)44)27-19-9-3-10-20-27/h1-24,33-34H/t33-,34-,38-,39-/m0/s1. The minimum atomic E-state index is -1.43. The maximum Gasteiger partial charge on any atom is 0.239 e. The van der Waals surface area contributed by atoms with Gasteiger partial charge < -0.3 is 0 Å². The molecule has 44 heavy (non-hydrogen) atoms. The number of fused-ring (bicyclic) bond motifs is 5. The lowest BCUT2D eigenvalue weighted by molar-refractivity contribution is -0.130. The summed E-state index contributed by atoms with van der Waals surface area (Å²) in [6.07, 6.45) is 0. The van der Waals surface area contributed by atoms with Gasteiger partial charge in [-0.1, -0.05) is 145 Å². The number of halogens is 1. The molecule has 0 unspecified atom stereocenters. The van der Waals surface area contributed by atoms with Crippen LogP contribution in [0.1, 0.15) is 22.3 Å². The number of ketones is 1. The molecule has 2 fully saturated rings. The molecule has 1 saturated heterocycles. The molecule has 2 aliphatic carbocycles. The number of imide groups is 1. The Labute approximate surface area is 260 Å². The van der Waals surface area contributed by atoms with Crippen molar-refractivity contribution in [3.63, 3.8) is 0 Å². The lowest BCUT2D eigenvalue weighted by Crippen LogP contribution is -2.45. The number of allylic oxidation sites excluding steroid dienone is 2. The molecule has 1 heterocycles. The predicted molar refractivity (Wildman–Crippen MR) is 172 cm³/mol. The molecule has 0 spiro atoms. The highest BCUT2D eigenvalue weighted by molar-refractivity contribution is 6.41. The summed E-state index contributed by atoms with van der Waals surface area (Å²) in [6, 6.07) is 45.6. The molecule has 212 valence electrons. The number of hydrogen-bond acceptors (Lipinski definition) is 3. The average molecular weight is 592 g/mol. The largest absolute Gasteiger partial charge is 0.297 e. The predicted octanol–water partition coefficient (Wildman–Crippen LogP) is 7.53. The first-order valence-corrected chi connectivity index (χ1v) is 15.1. The lowest BCUT2D eigenvalue weighted by Gasteiger charge is -2.39. The summed E-state index contributed by atoms with van der Waals surface area (Å²) in [5.41, 5.74) is 2.09. The first kappa shape index (κ1) is 26.6. The van der Waals surface area contributed by atoms with E-state index in [1.807, 2.05) is 121 Å². The van der Waals surface area contributed by atoms with Crippen LogP contribution in [-0.2, 0) is 25.2 Å². The van der Waals surface area contributed by atoms with Crippen molar-refractivity contribution < 1.29 is 14.4 Å². The van der Waals surface area contributed by atoms with Gasteiger partial charge in [0.15, 0.2) is 5.78 Å². The van der Waals surface area contributed by atoms with Gasteiger partial charge in [0.2, 0.25) is 11.8 Å². The van der Waals surface area contributed by atoms with Gasteiger partial charge in [-0.25, -0.2) is 4.90 Å². The van der Waals surface area contributed by atoms with Crippen LogP contribution < -0.4 is 4.90 Å². The Hall–Kier alpha value is -5.06. The van der Waals surface area contributed by atoms with Crippen LogP contribution in [0.2, 0.25) is 5.02 Å². The van der Waals surface area contributed by atoms with Gasteiger partial charge in [-0.05, 0) is 45.5 Å². The van der Waals surface area contributed by atoms with Crippen LogP contribution in [0.4, 0.5) is 5.69 Å². The number of rotatable bonds is 5. The fraction of sp³-hybridized carbons (Fsp3) is 0.103. The third-order valence-electron chi connectivity index (χ3n) is 9.67. The molecule has 1 aliphatic heterocycles. The number of benzene rings is 5. The summed E-state index contributed by atoms with van der Waals surface area (Å²) in [5, 5.41) is 0.301. The van der Waals surface area contributed by atoms with E-state index in [-0.39, 0.29) is 5.78 Å². The minimum Gasteiger partial charge on any atom is -0.297 e. The summed E-state index contributed by atoms with van der Waals surface area (Å²) in [4.78, 5) is 46.9. The van der Waals surface area contributed by atoms with Crippen molar-refractivity contribution in [2.75, 3.05) is 4.90 Å². The van der Waals surface area contributed by atoms with E-state index in [4.69, 9.17) is 11.6 Å². The number of carbonyl (C=O) groups is 3. The molecule has 0 N–H and O–H groups in total. The fourth-order valence-corrected chi connectivity index (χ4v) is 8.42. The van der Waals surface area contributed by atoms with Gasteiger partial charge >= 0.3 is 0 Å². The molecule has 8 rings (SSSR count). The molecule has 5 heteroatoms. The van der Waals surface area contributed by atoms with Gasteiger partial charge in [0, 0.05) is 0 Å². The molecular weight excluding hydrogens is 566 g/mol. The number of para-hydroxylation sites is 1. The summed E-state index contributed by atoms with van der Waals surface area (Å²) < 4.78 is 0. The van der Waals surface area contributed by atoms with Gasteiger partial charge in [0.25, 0.3) is 0 Å². The molecule has 2 bridgehead atoms. The fourth-order valence-electron chi connectivity index (χ4n) is 8.20. The van der Waals surface area contributed by atoms with Crippen LogP contribution in [0.25, 0.3) is 11.1 Å². The summed E-state index contributed by atoms with van der Waals surface area (Å²) in [6.45, 7) is 0. The molecule has 5 aromatic rings. The zero-order chi connectivity index (χ0) is 30.1.